The minimum absolute atomic E-state index is 0. The van der Waals surface area contributed by atoms with E-state index in [0.29, 0.717) is 11.8 Å². The van der Waals surface area contributed by atoms with Crippen LogP contribution in [-0.2, 0) is 4.79 Å². The van der Waals surface area contributed by atoms with Crippen LogP contribution in [0.15, 0.2) is 36.7 Å². The molecule has 4 N–H and O–H groups in total. The maximum Gasteiger partial charge on any atom is 0.229 e. The number of rotatable bonds is 3. The van der Waals surface area contributed by atoms with Crippen LogP contribution in [0.1, 0.15) is 19.3 Å². The first-order valence-electron chi connectivity index (χ1n) is 7.88. The molecule has 24 heavy (non-hydrogen) atoms. The SMILES string of the molecule is Cl.Cl.NC1C2CCC(C2)C1C(=O)Nc1cccc(-c2ncc[nH]2)c1. The van der Waals surface area contributed by atoms with Gasteiger partial charge >= 0.3 is 0 Å². The lowest BCUT2D eigenvalue weighted by Gasteiger charge is -2.27. The molecule has 0 radical (unpaired) electrons. The zero-order valence-corrected chi connectivity index (χ0v) is 14.8. The fourth-order valence-corrected chi connectivity index (χ4v) is 4.12. The molecule has 2 aromatic rings. The molecule has 2 bridgehead atoms. The monoisotopic (exact) mass is 368 g/mol. The highest BCUT2D eigenvalue weighted by atomic mass is 35.5. The van der Waals surface area contributed by atoms with Gasteiger partial charge in [0.05, 0.1) is 5.92 Å². The number of fused-ring (bicyclic) bond motifs is 2. The Balaban J connectivity index is 0.00000104. The molecular weight excluding hydrogens is 347 g/mol. The van der Waals surface area contributed by atoms with E-state index in [1.165, 1.54) is 6.42 Å². The van der Waals surface area contributed by atoms with Crippen LogP contribution in [0.25, 0.3) is 11.4 Å². The van der Waals surface area contributed by atoms with Crippen LogP contribution >= 0.6 is 24.8 Å². The van der Waals surface area contributed by atoms with E-state index in [9.17, 15) is 4.79 Å². The maximum absolute atomic E-state index is 12.6. The van der Waals surface area contributed by atoms with Gasteiger partial charge in [0, 0.05) is 29.7 Å². The maximum atomic E-state index is 12.6. The molecule has 2 saturated carbocycles. The summed E-state index contributed by atoms with van der Waals surface area (Å²) < 4.78 is 0. The largest absolute Gasteiger partial charge is 0.345 e. The van der Waals surface area contributed by atoms with Crippen LogP contribution in [-0.4, -0.2) is 21.9 Å². The zero-order chi connectivity index (χ0) is 15.1. The van der Waals surface area contributed by atoms with E-state index in [1.807, 2.05) is 24.3 Å². The lowest BCUT2D eigenvalue weighted by molar-refractivity contribution is -0.121. The number of aromatic amines is 1. The number of amides is 1. The summed E-state index contributed by atoms with van der Waals surface area (Å²) in [5.41, 5.74) is 8.01. The predicted molar refractivity (Wildman–Crippen MR) is 99.4 cm³/mol. The summed E-state index contributed by atoms with van der Waals surface area (Å²) in [5.74, 6) is 1.83. The highest BCUT2D eigenvalue weighted by Gasteiger charge is 2.49. The Morgan fingerprint density at radius 2 is 2.04 bits per heavy atom. The van der Waals surface area contributed by atoms with Crippen molar-refractivity contribution in [3.05, 3.63) is 36.7 Å². The number of carbonyl (C=O) groups excluding carboxylic acids is 1. The van der Waals surface area contributed by atoms with Crippen LogP contribution in [0.3, 0.4) is 0 Å². The van der Waals surface area contributed by atoms with Crippen LogP contribution in [0, 0.1) is 17.8 Å². The van der Waals surface area contributed by atoms with Crippen LogP contribution in [0.2, 0.25) is 0 Å². The molecule has 0 aliphatic heterocycles. The number of nitrogens with two attached hydrogens (primary N) is 1. The Hall–Kier alpha value is -1.56. The van der Waals surface area contributed by atoms with E-state index in [2.05, 4.69) is 15.3 Å². The molecular formula is C17H22Cl2N4O. The molecule has 5 nitrogen and oxygen atoms in total. The van der Waals surface area contributed by atoms with Crippen molar-refractivity contribution < 1.29 is 4.79 Å². The van der Waals surface area contributed by atoms with Gasteiger partial charge in [0.25, 0.3) is 0 Å². The summed E-state index contributed by atoms with van der Waals surface area (Å²) in [6.07, 6.45) is 6.95. The highest BCUT2D eigenvalue weighted by molar-refractivity contribution is 5.94. The second-order valence-corrected chi connectivity index (χ2v) is 6.44. The summed E-state index contributed by atoms with van der Waals surface area (Å²) in [5, 5.41) is 3.04. The van der Waals surface area contributed by atoms with Crippen molar-refractivity contribution in [1.29, 1.82) is 0 Å². The van der Waals surface area contributed by atoms with Crippen molar-refractivity contribution in [2.24, 2.45) is 23.5 Å². The van der Waals surface area contributed by atoms with Gasteiger partial charge in [-0.25, -0.2) is 4.98 Å². The lowest BCUT2D eigenvalue weighted by Crippen LogP contribution is -2.42. The van der Waals surface area contributed by atoms with Crippen molar-refractivity contribution in [3.8, 4) is 11.4 Å². The topological polar surface area (TPSA) is 83.8 Å². The van der Waals surface area contributed by atoms with E-state index in [1.54, 1.807) is 12.4 Å². The summed E-state index contributed by atoms with van der Waals surface area (Å²) >= 11 is 0. The number of hydrogen-bond acceptors (Lipinski definition) is 3. The van der Waals surface area contributed by atoms with Gasteiger partial charge in [0.2, 0.25) is 5.91 Å². The van der Waals surface area contributed by atoms with Gasteiger partial charge < -0.3 is 16.0 Å². The number of benzene rings is 1. The predicted octanol–water partition coefficient (Wildman–Crippen LogP) is 3.23. The number of anilines is 1. The summed E-state index contributed by atoms with van der Waals surface area (Å²) in [6.45, 7) is 0. The van der Waals surface area contributed by atoms with Gasteiger partial charge in [-0.1, -0.05) is 12.1 Å². The van der Waals surface area contributed by atoms with E-state index in [-0.39, 0.29) is 42.7 Å². The Bertz CT molecular complexity index is 690. The molecule has 4 atom stereocenters. The van der Waals surface area contributed by atoms with Crippen molar-refractivity contribution in [2.75, 3.05) is 5.32 Å². The second-order valence-electron chi connectivity index (χ2n) is 6.44. The molecule has 0 spiro atoms. The molecule has 1 aromatic carbocycles. The van der Waals surface area contributed by atoms with Crippen LogP contribution < -0.4 is 11.1 Å². The van der Waals surface area contributed by atoms with Gasteiger partial charge in [-0.15, -0.1) is 24.8 Å². The average Bonchev–Trinajstić information content (AvgIpc) is 3.24. The standard InChI is InChI=1S/C17H20N4O.2ClH/c18-15-11-5-4-10(8-11)14(15)17(22)21-13-3-1-2-12(9-13)16-19-6-7-20-16;;/h1-3,6-7,9-11,14-15H,4-5,8,18H2,(H,19,20)(H,21,22);2*1H. The van der Waals surface area contributed by atoms with Gasteiger partial charge in [-0.2, -0.15) is 0 Å². The smallest absolute Gasteiger partial charge is 0.229 e. The minimum atomic E-state index is -0.0361. The highest BCUT2D eigenvalue weighted by Crippen LogP contribution is 2.47. The third-order valence-electron chi connectivity index (χ3n) is 5.19. The first-order valence-corrected chi connectivity index (χ1v) is 7.88. The number of nitrogens with one attached hydrogen (secondary N) is 2. The zero-order valence-electron chi connectivity index (χ0n) is 13.1. The normalized spacial score (nSPS) is 27.2. The van der Waals surface area contributed by atoms with E-state index in [0.717, 1.165) is 29.9 Å². The average molecular weight is 369 g/mol. The first kappa shape index (κ1) is 18.8. The molecule has 1 amide bonds. The first-order chi connectivity index (χ1) is 10.7. The number of H-pyrrole nitrogens is 1. The van der Waals surface area contributed by atoms with Crippen LogP contribution in [0.5, 0.6) is 0 Å². The molecule has 4 unspecified atom stereocenters. The van der Waals surface area contributed by atoms with Crippen molar-refractivity contribution in [1.82, 2.24) is 9.97 Å². The Labute approximate surface area is 153 Å². The minimum Gasteiger partial charge on any atom is -0.345 e. The van der Waals surface area contributed by atoms with Gasteiger partial charge in [0.15, 0.2) is 0 Å². The third kappa shape index (κ3) is 3.29. The molecule has 1 aromatic heterocycles. The molecule has 0 saturated heterocycles. The molecule has 130 valence electrons. The van der Waals surface area contributed by atoms with Gasteiger partial charge in [0.1, 0.15) is 5.82 Å². The molecule has 1 heterocycles. The summed E-state index contributed by atoms with van der Waals surface area (Å²) in [7, 11) is 0. The fourth-order valence-electron chi connectivity index (χ4n) is 4.12. The van der Waals surface area contributed by atoms with E-state index in [4.69, 9.17) is 5.73 Å². The number of carbonyl (C=O) groups is 1. The van der Waals surface area contributed by atoms with Crippen molar-refractivity contribution in [2.45, 2.75) is 25.3 Å². The fraction of sp³-hybridized carbons (Fsp3) is 0.412. The number of imidazole rings is 1. The van der Waals surface area contributed by atoms with Crippen molar-refractivity contribution in [3.63, 3.8) is 0 Å². The molecule has 2 fully saturated rings. The van der Waals surface area contributed by atoms with E-state index < -0.39 is 0 Å². The molecule has 7 heteroatoms. The molecule has 4 rings (SSSR count). The van der Waals surface area contributed by atoms with Gasteiger partial charge in [-0.3, -0.25) is 4.79 Å². The summed E-state index contributed by atoms with van der Waals surface area (Å²) in [4.78, 5) is 19.9. The van der Waals surface area contributed by atoms with Gasteiger partial charge in [-0.05, 0) is 43.2 Å². The Kier molecular flexibility index (Phi) is 5.91. The second kappa shape index (κ2) is 7.55. The Morgan fingerprint density at radius 1 is 1.25 bits per heavy atom. The third-order valence-corrected chi connectivity index (χ3v) is 5.19. The number of halogens is 2. The number of nitrogens with zero attached hydrogens (tertiary/aromatic N) is 1. The lowest BCUT2D eigenvalue weighted by atomic mass is 9.84. The number of aromatic nitrogens is 2. The molecule has 2 aliphatic rings. The number of hydrogen-bond donors (Lipinski definition) is 3. The van der Waals surface area contributed by atoms with E-state index >= 15 is 0 Å². The van der Waals surface area contributed by atoms with Crippen LogP contribution in [0.4, 0.5) is 5.69 Å². The molecule has 2 aliphatic carbocycles. The van der Waals surface area contributed by atoms with Crippen molar-refractivity contribution >= 4 is 36.4 Å². The summed E-state index contributed by atoms with van der Waals surface area (Å²) in [6, 6.07) is 7.76. The quantitative estimate of drug-likeness (QED) is 0.777. The Morgan fingerprint density at radius 3 is 2.71 bits per heavy atom.